The number of hydrogen-bond donors (Lipinski definition) is 1. The Hall–Kier alpha value is -4.39. The number of cyclic esters (lactones) is 1. The van der Waals surface area contributed by atoms with E-state index in [1.807, 2.05) is 24.3 Å². The Morgan fingerprint density at radius 1 is 0.972 bits per heavy atom. The minimum Gasteiger partial charge on any atom is -0.494 e. The first kappa shape index (κ1) is 24.7. The highest BCUT2D eigenvalue weighted by Gasteiger charge is 2.21. The van der Waals surface area contributed by atoms with Gasteiger partial charge in [0.05, 0.1) is 12.2 Å². The van der Waals surface area contributed by atoms with Gasteiger partial charge in [-0.25, -0.2) is 4.79 Å². The highest BCUT2D eigenvalue weighted by atomic mass is 16.5. The number of rotatable bonds is 11. The molecule has 0 atom stereocenters. The lowest BCUT2D eigenvalue weighted by Crippen LogP contribution is -2.20. The summed E-state index contributed by atoms with van der Waals surface area (Å²) >= 11 is 0. The van der Waals surface area contributed by atoms with Crippen LogP contribution in [0.1, 0.15) is 51.6 Å². The van der Waals surface area contributed by atoms with E-state index in [0.29, 0.717) is 29.2 Å². The van der Waals surface area contributed by atoms with Gasteiger partial charge >= 0.3 is 5.97 Å². The lowest BCUT2D eigenvalue weighted by Gasteiger charge is -2.08. The van der Waals surface area contributed by atoms with Gasteiger partial charge in [-0.05, 0) is 72.7 Å². The molecule has 7 heteroatoms. The average molecular weight is 486 g/mol. The van der Waals surface area contributed by atoms with Crippen LogP contribution in [0.2, 0.25) is 0 Å². The number of allylic oxidation sites excluding steroid dienone is 1. The Labute approximate surface area is 209 Å². The Kier molecular flexibility index (Phi) is 8.13. The fourth-order valence-corrected chi connectivity index (χ4v) is 3.55. The molecular formula is C29H27NO6. The summed E-state index contributed by atoms with van der Waals surface area (Å²) in [6.07, 6.45) is 5.38. The summed E-state index contributed by atoms with van der Waals surface area (Å²) in [6.45, 7) is 2.82. The van der Waals surface area contributed by atoms with E-state index in [4.69, 9.17) is 14.2 Å². The third-order valence-electron chi connectivity index (χ3n) is 5.55. The number of amides is 1. The van der Waals surface area contributed by atoms with E-state index in [9.17, 15) is 14.4 Å². The van der Waals surface area contributed by atoms with Crippen LogP contribution in [0.5, 0.6) is 11.5 Å². The molecule has 0 spiro atoms. The molecule has 184 valence electrons. The molecule has 0 aromatic heterocycles. The Balaban J connectivity index is 1.24. The van der Waals surface area contributed by atoms with E-state index in [-0.39, 0.29) is 30.9 Å². The van der Waals surface area contributed by atoms with Crippen LogP contribution in [-0.4, -0.2) is 30.9 Å². The summed E-state index contributed by atoms with van der Waals surface area (Å²) in [6, 6.07) is 19.2. The van der Waals surface area contributed by atoms with Crippen LogP contribution < -0.4 is 14.8 Å². The Morgan fingerprint density at radius 3 is 2.44 bits per heavy atom. The van der Waals surface area contributed by atoms with E-state index in [0.717, 1.165) is 29.7 Å². The maximum absolute atomic E-state index is 12.5. The molecule has 1 heterocycles. The average Bonchev–Trinajstić information content (AvgIpc) is 3.27. The van der Waals surface area contributed by atoms with E-state index in [1.54, 1.807) is 48.5 Å². The van der Waals surface area contributed by atoms with Crippen LogP contribution in [-0.2, 0) is 16.1 Å². The number of carbonyl (C=O) groups is 3. The number of esters is 1. The van der Waals surface area contributed by atoms with Crippen LogP contribution in [0.3, 0.4) is 0 Å². The van der Waals surface area contributed by atoms with Crippen molar-refractivity contribution in [3.05, 3.63) is 95.1 Å². The van der Waals surface area contributed by atoms with Crippen molar-refractivity contribution in [1.29, 1.82) is 0 Å². The normalized spacial score (nSPS) is 12.2. The molecule has 0 fully saturated rings. The smallest absolute Gasteiger partial charge is 0.338 e. The highest BCUT2D eigenvalue weighted by molar-refractivity contribution is 6.06. The van der Waals surface area contributed by atoms with Crippen LogP contribution in [0.15, 0.2) is 72.8 Å². The number of benzene rings is 3. The van der Waals surface area contributed by atoms with Gasteiger partial charge in [0, 0.05) is 16.8 Å². The molecule has 36 heavy (non-hydrogen) atoms. The van der Waals surface area contributed by atoms with E-state index in [1.165, 1.54) is 6.08 Å². The monoisotopic (exact) mass is 485 g/mol. The summed E-state index contributed by atoms with van der Waals surface area (Å²) in [5.74, 6) is 0.448. The predicted molar refractivity (Wildman–Crippen MR) is 136 cm³/mol. The molecule has 1 aliphatic rings. The third kappa shape index (κ3) is 6.60. The van der Waals surface area contributed by atoms with Gasteiger partial charge in [-0.15, -0.1) is 0 Å². The molecule has 3 aromatic rings. The number of nitrogens with one attached hydrogen (secondary N) is 1. The summed E-state index contributed by atoms with van der Waals surface area (Å²) in [7, 11) is 0. The van der Waals surface area contributed by atoms with Crippen molar-refractivity contribution in [3.8, 4) is 11.5 Å². The van der Waals surface area contributed by atoms with Crippen molar-refractivity contribution in [1.82, 2.24) is 0 Å². The first-order valence-corrected chi connectivity index (χ1v) is 11.8. The van der Waals surface area contributed by atoms with Gasteiger partial charge in [0.1, 0.15) is 18.1 Å². The number of hydrogen-bond acceptors (Lipinski definition) is 6. The number of carbonyl (C=O) groups excluding carboxylic acids is 3. The summed E-state index contributed by atoms with van der Waals surface area (Å²) < 4.78 is 16.1. The lowest BCUT2D eigenvalue weighted by molar-refractivity contribution is -0.118. The van der Waals surface area contributed by atoms with Crippen LogP contribution in [0.25, 0.3) is 6.08 Å². The predicted octanol–water partition coefficient (Wildman–Crippen LogP) is 5.45. The van der Waals surface area contributed by atoms with Crippen LogP contribution in [0.4, 0.5) is 5.69 Å². The van der Waals surface area contributed by atoms with Gasteiger partial charge in [-0.1, -0.05) is 31.6 Å². The van der Waals surface area contributed by atoms with Crippen molar-refractivity contribution in [2.75, 3.05) is 18.5 Å². The first-order chi connectivity index (χ1) is 17.5. The zero-order valence-corrected chi connectivity index (χ0v) is 20.0. The molecule has 0 aliphatic carbocycles. The molecular weight excluding hydrogens is 458 g/mol. The fraction of sp³-hybridized carbons (Fsp3) is 0.207. The molecule has 1 aliphatic heterocycles. The van der Waals surface area contributed by atoms with E-state index >= 15 is 0 Å². The van der Waals surface area contributed by atoms with Crippen LogP contribution in [0, 0.1) is 0 Å². The minimum absolute atomic E-state index is 0.137. The molecule has 1 N–H and O–H groups in total. The van der Waals surface area contributed by atoms with Gasteiger partial charge in [-0.2, -0.15) is 0 Å². The zero-order valence-electron chi connectivity index (χ0n) is 20.0. The molecule has 0 saturated carbocycles. The number of anilines is 1. The van der Waals surface area contributed by atoms with Gasteiger partial charge in [-0.3, -0.25) is 9.59 Å². The SMILES string of the molecule is CCCCOc1ccc(/C=C/C(=O)c2ccc(OCC(=O)Nc3ccc4c(c3)COC4=O)cc2)cc1. The van der Waals surface area contributed by atoms with Crippen molar-refractivity contribution < 1.29 is 28.6 Å². The summed E-state index contributed by atoms with van der Waals surface area (Å²) in [4.78, 5) is 36.2. The van der Waals surface area contributed by atoms with Gasteiger partial charge in [0.15, 0.2) is 12.4 Å². The summed E-state index contributed by atoms with van der Waals surface area (Å²) in [5, 5.41) is 2.73. The maximum atomic E-state index is 12.5. The highest BCUT2D eigenvalue weighted by Crippen LogP contribution is 2.23. The second-order valence-electron chi connectivity index (χ2n) is 8.28. The van der Waals surface area contributed by atoms with E-state index in [2.05, 4.69) is 12.2 Å². The molecule has 0 unspecified atom stereocenters. The van der Waals surface area contributed by atoms with Crippen molar-refractivity contribution in [3.63, 3.8) is 0 Å². The Morgan fingerprint density at radius 2 is 1.69 bits per heavy atom. The molecule has 0 radical (unpaired) electrons. The number of unbranched alkanes of at least 4 members (excludes halogenated alkanes) is 1. The first-order valence-electron chi connectivity index (χ1n) is 11.8. The topological polar surface area (TPSA) is 90.9 Å². The quantitative estimate of drug-likeness (QED) is 0.168. The second-order valence-corrected chi connectivity index (χ2v) is 8.28. The van der Waals surface area contributed by atoms with Crippen LogP contribution >= 0.6 is 0 Å². The third-order valence-corrected chi connectivity index (χ3v) is 5.55. The van der Waals surface area contributed by atoms with Crippen molar-refractivity contribution in [2.45, 2.75) is 26.4 Å². The van der Waals surface area contributed by atoms with Gasteiger partial charge < -0.3 is 19.5 Å². The van der Waals surface area contributed by atoms with Gasteiger partial charge in [0.2, 0.25) is 0 Å². The lowest BCUT2D eigenvalue weighted by atomic mass is 10.1. The summed E-state index contributed by atoms with van der Waals surface area (Å²) in [5.41, 5.74) is 3.23. The molecule has 1 amide bonds. The molecule has 7 nitrogen and oxygen atoms in total. The van der Waals surface area contributed by atoms with Crippen molar-refractivity contribution >= 4 is 29.4 Å². The maximum Gasteiger partial charge on any atom is 0.338 e. The number of fused-ring (bicyclic) bond motifs is 1. The Bertz CT molecular complexity index is 1260. The molecule has 0 saturated heterocycles. The molecule has 0 bridgehead atoms. The number of ether oxygens (including phenoxy) is 3. The fourth-order valence-electron chi connectivity index (χ4n) is 3.55. The van der Waals surface area contributed by atoms with Crippen molar-refractivity contribution in [2.24, 2.45) is 0 Å². The standard InChI is InChI=1S/C29H27NO6/c1-2-3-16-34-24-10-4-20(5-11-24)6-15-27(31)21-7-12-25(13-8-21)35-19-28(32)30-23-9-14-26-22(17-23)18-36-29(26)33/h4-15,17H,2-3,16,18-19H2,1H3,(H,30,32)/b15-6+. The minimum atomic E-state index is -0.356. The van der Waals surface area contributed by atoms with Gasteiger partial charge in [0.25, 0.3) is 5.91 Å². The largest absolute Gasteiger partial charge is 0.494 e. The van der Waals surface area contributed by atoms with E-state index < -0.39 is 0 Å². The zero-order chi connectivity index (χ0) is 25.3. The molecule has 4 rings (SSSR count). The molecule has 3 aromatic carbocycles. The number of ketones is 1. The second kappa shape index (κ2) is 11.8.